The molecule has 0 saturated heterocycles. The van der Waals surface area contributed by atoms with Crippen molar-refractivity contribution >= 4 is 5.78 Å². The van der Waals surface area contributed by atoms with Gasteiger partial charge < -0.3 is 4.74 Å². The van der Waals surface area contributed by atoms with Gasteiger partial charge in [-0.25, -0.2) is 0 Å². The molecule has 0 N–H and O–H groups in total. The third-order valence-electron chi connectivity index (χ3n) is 2.58. The van der Waals surface area contributed by atoms with Crippen molar-refractivity contribution in [3.63, 3.8) is 0 Å². The van der Waals surface area contributed by atoms with E-state index >= 15 is 0 Å². The minimum Gasteiger partial charge on any atom is -0.365 e. The van der Waals surface area contributed by atoms with Crippen LogP contribution in [0.25, 0.3) is 0 Å². The van der Waals surface area contributed by atoms with E-state index in [4.69, 9.17) is 4.74 Å². The lowest BCUT2D eigenvalue weighted by molar-refractivity contribution is -0.155. The molecule has 0 aromatic carbocycles. The van der Waals surface area contributed by atoms with Crippen molar-refractivity contribution in [1.29, 1.82) is 0 Å². The molecule has 0 aromatic heterocycles. The molecule has 2 nitrogen and oxygen atoms in total. The molecule has 0 aliphatic carbocycles. The van der Waals surface area contributed by atoms with Gasteiger partial charge >= 0.3 is 0 Å². The van der Waals surface area contributed by atoms with Crippen LogP contribution in [-0.2, 0) is 9.53 Å². The molecule has 14 heavy (non-hydrogen) atoms. The summed E-state index contributed by atoms with van der Waals surface area (Å²) in [5.74, 6) is 0.282. The second-order valence-electron chi connectivity index (χ2n) is 4.39. The molecule has 0 atom stereocenters. The van der Waals surface area contributed by atoms with Crippen LogP contribution in [0, 0.1) is 5.92 Å². The zero-order chi connectivity index (χ0) is 11.4. The standard InChI is InChI=1S/C12H24O2/c1-7-12(8-2,14-10(5)6)11(13)9(3)4/h9-10H,7-8H2,1-6H3. The predicted octanol–water partition coefficient (Wildman–Crippen LogP) is 3.20. The van der Waals surface area contributed by atoms with Crippen molar-refractivity contribution in [2.75, 3.05) is 0 Å². The Morgan fingerprint density at radius 3 is 1.79 bits per heavy atom. The van der Waals surface area contributed by atoms with Gasteiger partial charge in [0.25, 0.3) is 0 Å². The molecule has 84 valence electrons. The summed E-state index contributed by atoms with van der Waals surface area (Å²) in [5.41, 5.74) is -0.553. The predicted molar refractivity (Wildman–Crippen MR) is 59.4 cm³/mol. The summed E-state index contributed by atoms with van der Waals surface area (Å²) >= 11 is 0. The van der Waals surface area contributed by atoms with Gasteiger partial charge in [0.1, 0.15) is 5.60 Å². The first-order valence-electron chi connectivity index (χ1n) is 5.61. The first-order valence-corrected chi connectivity index (χ1v) is 5.61. The fraction of sp³-hybridized carbons (Fsp3) is 0.917. The molecule has 0 amide bonds. The fourth-order valence-corrected chi connectivity index (χ4v) is 1.80. The fourth-order valence-electron chi connectivity index (χ4n) is 1.80. The zero-order valence-corrected chi connectivity index (χ0v) is 10.4. The number of Topliss-reactive ketones (excluding diaryl/α,β-unsaturated/α-hetero) is 1. The Kier molecular flexibility index (Phi) is 5.35. The Labute approximate surface area is 88.0 Å². The van der Waals surface area contributed by atoms with Crippen LogP contribution in [0.1, 0.15) is 54.4 Å². The van der Waals surface area contributed by atoms with Gasteiger partial charge in [-0.05, 0) is 26.7 Å². The topological polar surface area (TPSA) is 26.3 Å². The maximum atomic E-state index is 12.0. The summed E-state index contributed by atoms with van der Waals surface area (Å²) in [6.07, 6.45) is 1.63. The highest BCUT2D eigenvalue weighted by molar-refractivity contribution is 5.88. The van der Waals surface area contributed by atoms with E-state index in [0.29, 0.717) is 0 Å². The normalized spacial score (nSPS) is 12.6. The van der Waals surface area contributed by atoms with Crippen molar-refractivity contribution in [3.05, 3.63) is 0 Å². The van der Waals surface area contributed by atoms with Gasteiger partial charge in [-0.2, -0.15) is 0 Å². The van der Waals surface area contributed by atoms with Crippen LogP contribution >= 0.6 is 0 Å². The van der Waals surface area contributed by atoms with Gasteiger partial charge in [-0.1, -0.05) is 27.7 Å². The van der Waals surface area contributed by atoms with Crippen LogP contribution in [0.2, 0.25) is 0 Å². The maximum absolute atomic E-state index is 12.0. The monoisotopic (exact) mass is 200 g/mol. The smallest absolute Gasteiger partial charge is 0.167 e. The molecule has 2 heteroatoms. The van der Waals surface area contributed by atoms with Crippen LogP contribution in [0.15, 0.2) is 0 Å². The van der Waals surface area contributed by atoms with Crippen molar-refractivity contribution < 1.29 is 9.53 Å². The summed E-state index contributed by atoms with van der Waals surface area (Å²) < 4.78 is 5.81. The van der Waals surface area contributed by atoms with E-state index in [1.807, 2.05) is 41.5 Å². The van der Waals surface area contributed by atoms with E-state index in [2.05, 4.69) is 0 Å². The Morgan fingerprint density at radius 2 is 1.57 bits per heavy atom. The molecule has 0 aromatic rings. The highest BCUT2D eigenvalue weighted by Crippen LogP contribution is 2.26. The average Bonchev–Trinajstić information content (AvgIpc) is 2.12. The van der Waals surface area contributed by atoms with E-state index in [0.717, 1.165) is 12.8 Å². The number of rotatable bonds is 6. The van der Waals surface area contributed by atoms with E-state index in [1.54, 1.807) is 0 Å². The molecular formula is C12H24O2. The van der Waals surface area contributed by atoms with E-state index < -0.39 is 5.60 Å². The lowest BCUT2D eigenvalue weighted by Crippen LogP contribution is -2.44. The van der Waals surface area contributed by atoms with Gasteiger partial charge in [-0.15, -0.1) is 0 Å². The second-order valence-corrected chi connectivity index (χ2v) is 4.39. The first kappa shape index (κ1) is 13.6. The van der Waals surface area contributed by atoms with Crippen LogP contribution in [0.5, 0.6) is 0 Å². The molecule has 0 unspecified atom stereocenters. The number of carbonyl (C=O) groups excluding carboxylic acids is 1. The van der Waals surface area contributed by atoms with Crippen molar-refractivity contribution in [2.24, 2.45) is 5.92 Å². The van der Waals surface area contributed by atoms with Crippen molar-refractivity contribution in [2.45, 2.75) is 66.1 Å². The Bertz CT molecular complexity index is 179. The van der Waals surface area contributed by atoms with Crippen LogP contribution in [0.3, 0.4) is 0 Å². The Balaban J connectivity index is 4.77. The summed E-state index contributed by atoms with van der Waals surface area (Å²) in [7, 11) is 0. The molecular weight excluding hydrogens is 176 g/mol. The molecule has 0 bridgehead atoms. The third-order valence-corrected chi connectivity index (χ3v) is 2.58. The summed E-state index contributed by atoms with van der Waals surface area (Å²) in [4.78, 5) is 12.0. The number of hydrogen-bond acceptors (Lipinski definition) is 2. The number of ketones is 1. The first-order chi connectivity index (χ1) is 6.39. The van der Waals surface area contributed by atoms with Gasteiger partial charge in [-0.3, -0.25) is 4.79 Å². The molecule has 0 radical (unpaired) electrons. The molecule has 0 fully saturated rings. The van der Waals surface area contributed by atoms with Crippen LogP contribution in [-0.4, -0.2) is 17.5 Å². The quantitative estimate of drug-likeness (QED) is 0.658. The average molecular weight is 200 g/mol. The van der Waals surface area contributed by atoms with E-state index in [1.165, 1.54) is 0 Å². The zero-order valence-electron chi connectivity index (χ0n) is 10.4. The van der Waals surface area contributed by atoms with E-state index in [9.17, 15) is 4.79 Å². The molecule has 0 saturated carbocycles. The lowest BCUT2D eigenvalue weighted by atomic mass is 9.85. The van der Waals surface area contributed by atoms with Gasteiger partial charge in [0.2, 0.25) is 0 Å². The Hall–Kier alpha value is -0.370. The van der Waals surface area contributed by atoms with Gasteiger partial charge in [0.05, 0.1) is 6.10 Å². The number of carbonyl (C=O) groups is 1. The number of ether oxygens (including phenoxy) is 1. The van der Waals surface area contributed by atoms with Gasteiger partial charge in [0, 0.05) is 5.92 Å². The van der Waals surface area contributed by atoms with E-state index in [-0.39, 0.29) is 17.8 Å². The Morgan fingerprint density at radius 1 is 1.14 bits per heavy atom. The molecule has 0 heterocycles. The lowest BCUT2D eigenvalue weighted by Gasteiger charge is -2.33. The molecule has 0 aliphatic rings. The van der Waals surface area contributed by atoms with Crippen LogP contribution in [0.4, 0.5) is 0 Å². The van der Waals surface area contributed by atoms with Crippen LogP contribution < -0.4 is 0 Å². The minimum absolute atomic E-state index is 0.0497. The summed E-state index contributed by atoms with van der Waals surface area (Å²) in [6, 6.07) is 0. The highest BCUT2D eigenvalue weighted by atomic mass is 16.5. The maximum Gasteiger partial charge on any atom is 0.167 e. The highest BCUT2D eigenvalue weighted by Gasteiger charge is 2.37. The van der Waals surface area contributed by atoms with Crippen molar-refractivity contribution in [3.8, 4) is 0 Å². The molecule has 0 rings (SSSR count). The number of hydrogen-bond donors (Lipinski definition) is 0. The minimum atomic E-state index is -0.553. The van der Waals surface area contributed by atoms with Crippen molar-refractivity contribution in [1.82, 2.24) is 0 Å². The molecule has 0 spiro atoms. The molecule has 0 aliphatic heterocycles. The SMILES string of the molecule is CCC(CC)(OC(C)C)C(=O)C(C)C. The third kappa shape index (κ3) is 3.09. The summed E-state index contributed by atoms with van der Waals surface area (Å²) in [6.45, 7) is 11.9. The summed E-state index contributed by atoms with van der Waals surface area (Å²) in [5, 5.41) is 0. The largest absolute Gasteiger partial charge is 0.365 e. The van der Waals surface area contributed by atoms with Gasteiger partial charge in [0.15, 0.2) is 5.78 Å². The second kappa shape index (κ2) is 5.50.